The molecular formula is C20H30NO3+. The third-order valence-electron chi connectivity index (χ3n) is 5.81. The maximum atomic E-state index is 12.0. The summed E-state index contributed by atoms with van der Waals surface area (Å²) in [5.41, 5.74) is 1.12. The van der Waals surface area contributed by atoms with Crippen molar-refractivity contribution in [2.45, 2.75) is 45.1 Å². The summed E-state index contributed by atoms with van der Waals surface area (Å²) in [5, 5.41) is 0. The van der Waals surface area contributed by atoms with Crippen LogP contribution in [-0.4, -0.2) is 49.8 Å². The number of aryl methyl sites for hydroxylation is 1. The first-order valence-corrected chi connectivity index (χ1v) is 9.26. The summed E-state index contributed by atoms with van der Waals surface area (Å²) in [6, 6.07) is 8.40. The van der Waals surface area contributed by atoms with Crippen LogP contribution in [0.1, 0.15) is 37.7 Å². The van der Waals surface area contributed by atoms with E-state index < -0.39 is 0 Å². The number of quaternary nitrogens is 1. The Labute approximate surface area is 145 Å². The number of rotatable bonds is 5. The Kier molecular flexibility index (Phi) is 5.44. The van der Waals surface area contributed by atoms with Gasteiger partial charge in [-0.1, -0.05) is 12.1 Å². The van der Waals surface area contributed by atoms with Crippen LogP contribution in [0, 0.1) is 12.8 Å². The summed E-state index contributed by atoms with van der Waals surface area (Å²) in [7, 11) is 2.39. The fourth-order valence-electron chi connectivity index (χ4n) is 4.52. The largest absolute Gasteiger partial charge is 0.482 e. The van der Waals surface area contributed by atoms with E-state index in [2.05, 4.69) is 7.05 Å². The Hall–Kier alpha value is -1.55. The number of ether oxygens (including phenoxy) is 2. The third kappa shape index (κ3) is 4.10. The van der Waals surface area contributed by atoms with E-state index >= 15 is 0 Å². The molecule has 2 aliphatic rings. The summed E-state index contributed by atoms with van der Waals surface area (Å²) >= 11 is 0. The zero-order chi connectivity index (χ0) is 17.0. The number of hydrogen-bond donors (Lipinski definition) is 0. The minimum atomic E-state index is -0.257. The van der Waals surface area contributed by atoms with E-state index in [-0.39, 0.29) is 12.6 Å². The van der Waals surface area contributed by atoms with Gasteiger partial charge in [-0.05, 0) is 50.3 Å². The molecule has 2 fully saturated rings. The molecule has 2 heterocycles. The highest BCUT2D eigenvalue weighted by Gasteiger charge is 2.43. The topological polar surface area (TPSA) is 35.5 Å². The molecule has 2 saturated heterocycles. The zero-order valence-corrected chi connectivity index (χ0v) is 15.0. The molecule has 1 aromatic rings. The molecule has 4 nitrogen and oxygen atoms in total. The predicted octanol–water partition coefficient (Wildman–Crippen LogP) is 3.33. The molecule has 2 aliphatic heterocycles. The molecule has 0 bridgehead atoms. The molecule has 0 amide bonds. The number of nitrogens with zero attached hydrogens (tertiary/aromatic N) is 1. The van der Waals surface area contributed by atoms with Crippen LogP contribution in [0.5, 0.6) is 5.75 Å². The molecule has 4 heteroatoms. The summed E-state index contributed by atoms with van der Waals surface area (Å²) in [6.45, 7) is 5.12. The molecule has 3 atom stereocenters. The van der Waals surface area contributed by atoms with Crippen molar-refractivity contribution in [1.29, 1.82) is 0 Å². The second-order valence-electron chi connectivity index (χ2n) is 7.68. The standard InChI is InChI=1S/C20H30NO3/c1-16-7-5-9-18(13-16)23-15-20(22)24-14-17-8-6-12-21(2)11-4-3-10-19(17)21/h5,7,9,13,17,19H,3-4,6,8,10-12,14-15H2,1-2H3/q+1/t17-,19+,21+/m1/s1. The van der Waals surface area contributed by atoms with Crippen LogP contribution in [0.15, 0.2) is 24.3 Å². The highest BCUT2D eigenvalue weighted by atomic mass is 16.6. The summed E-state index contributed by atoms with van der Waals surface area (Å²) in [6.07, 6.45) is 6.36. The molecule has 0 aromatic heterocycles. The first kappa shape index (κ1) is 17.3. The number of hydrogen-bond acceptors (Lipinski definition) is 3. The molecule has 3 rings (SSSR count). The second-order valence-corrected chi connectivity index (χ2v) is 7.68. The van der Waals surface area contributed by atoms with Crippen molar-refractivity contribution in [3.05, 3.63) is 29.8 Å². The molecule has 24 heavy (non-hydrogen) atoms. The number of carbonyl (C=O) groups is 1. The highest BCUT2D eigenvalue weighted by Crippen LogP contribution is 2.36. The Bertz CT molecular complexity index is 570. The van der Waals surface area contributed by atoms with Crippen molar-refractivity contribution in [3.63, 3.8) is 0 Å². The van der Waals surface area contributed by atoms with Gasteiger partial charge in [0.2, 0.25) is 0 Å². The van der Waals surface area contributed by atoms with Gasteiger partial charge in [-0.15, -0.1) is 0 Å². The van der Waals surface area contributed by atoms with E-state index in [1.165, 1.54) is 49.7 Å². The maximum absolute atomic E-state index is 12.0. The number of carbonyl (C=O) groups excluding carboxylic acids is 1. The van der Waals surface area contributed by atoms with Crippen molar-refractivity contribution in [3.8, 4) is 5.75 Å². The molecule has 1 aromatic carbocycles. The van der Waals surface area contributed by atoms with Crippen LogP contribution < -0.4 is 4.74 Å². The van der Waals surface area contributed by atoms with E-state index in [0.29, 0.717) is 18.6 Å². The van der Waals surface area contributed by atoms with E-state index in [1.54, 1.807) is 0 Å². The lowest BCUT2D eigenvalue weighted by molar-refractivity contribution is -0.947. The monoisotopic (exact) mass is 332 g/mol. The molecule has 0 aliphatic carbocycles. The normalized spacial score (nSPS) is 29.6. The van der Waals surface area contributed by atoms with Crippen LogP contribution in [0.4, 0.5) is 0 Å². The van der Waals surface area contributed by atoms with Gasteiger partial charge in [0.05, 0.1) is 32.8 Å². The van der Waals surface area contributed by atoms with Gasteiger partial charge in [-0.2, -0.15) is 0 Å². The average Bonchev–Trinajstić information content (AvgIpc) is 2.57. The lowest BCUT2D eigenvalue weighted by Gasteiger charge is -2.51. The predicted molar refractivity (Wildman–Crippen MR) is 93.9 cm³/mol. The average molecular weight is 332 g/mol. The van der Waals surface area contributed by atoms with Crippen LogP contribution >= 0.6 is 0 Å². The van der Waals surface area contributed by atoms with Crippen molar-refractivity contribution in [2.75, 3.05) is 33.4 Å². The van der Waals surface area contributed by atoms with Crippen LogP contribution in [0.25, 0.3) is 0 Å². The first-order valence-electron chi connectivity index (χ1n) is 9.26. The minimum Gasteiger partial charge on any atom is -0.482 e. The van der Waals surface area contributed by atoms with Crippen LogP contribution in [0.2, 0.25) is 0 Å². The SMILES string of the molecule is Cc1cccc(OCC(=O)OC[C@H]2CCC[N@+]3(C)CCCC[C@@H]23)c1. The number of piperidine rings is 2. The van der Waals surface area contributed by atoms with Gasteiger partial charge in [0, 0.05) is 12.3 Å². The molecule has 0 saturated carbocycles. The molecule has 0 radical (unpaired) electrons. The Morgan fingerprint density at radius 2 is 2.04 bits per heavy atom. The maximum Gasteiger partial charge on any atom is 0.344 e. The summed E-state index contributed by atoms with van der Waals surface area (Å²) in [4.78, 5) is 12.0. The van der Waals surface area contributed by atoms with Crippen molar-refractivity contribution >= 4 is 5.97 Å². The van der Waals surface area contributed by atoms with Gasteiger partial charge in [0.1, 0.15) is 5.75 Å². The van der Waals surface area contributed by atoms with Gasteiger partial charge in [-0.3, -0.25) is 0 Å². The van der Waals surface area contributed by atoms with Gasteiger partial charge in [0.25, 0.3) is 0 Å². The van der Waals surface area contributed by atoms with Gasteiger partial charge < -0.3 is 14.0 Å². The smallest absolute Gasteiger partial charge is 0.344 e. The lowest BCUT2D eigenvalue weighted by Crippen LogP contribution is -2.61. The van der Waals surface area contributed by atoms with Crippen molar-refractivity contribution in [2.24, 2.45) is 5.92 Å². The number of esters is 1. The fraction of sp³-hybridized carbons (Fsp3) is 0.650. The van der Waals surface area contributed by atoms with Crippen molar-refractivity contribution < 1.29 is 18.8 Å². The van der Waals surface area contributed by atoms with E-state index in [9.17, 15) is 4.79 Å². The van der Waals surface area contributed by atoms with Gasteiger partial charge >= 0.3 is 5.97 Å². The van der Waals surface area contributed by atoms with Gasteiger partial charge in [-0.25, -0.2) is 4.79 Å². The molecule has 0 N–H and O–H groups in total. The zero-order valence-electron chi connectivity index (χ0n) is 15.0. The van der Waals surface area contributed by atoms with Crippen molar-refractivity contribution in [1.82, 2.24) is 0 Å². The summed E-state index contributed by atoms with van der Waals surface area (Å²) < 4.78 is 12.3. The lowest BCUT2D eigenvalue weighted by atomic mass is 9.82. The third-order valence-corrected chi connectivity index (χ3v) is 5.81. The molecular weight excluding hydrogens is 302 g/mol. The van der Waals surface area contributed by atoms with Gasteiger partial charge in [0.15, 0.2) is 6.61 Å². The van der Waals surface area contributed by atoms with Crippen LogP contribution in [-0.2, 0) is 9.53 Å². The van der Waals surface area contributed by atoms with Crippen LogP contribution in [0.3, 0.4) is 0 Å². The second kappa shape index (κ2) is 7.56. The number of fused-ring (bicyclic) bond motifs is 1. The molecule has 0 unspecified atom stereocenters. The Balaban J connectivity index is 1.47. The van der Waals surface area contributed by atoms with E-state index in [0.717, 1.165) is 11.3 Å². The molecule has 0 spiro atoms. The first-order chi connectivity index (χ1) is 11.6. The summed E-state index contributed by atoms with van der Waals surface area (Å²) in [5.74, 6) is 0.972. The Morgan fingerprint density at radius 1 is 1.21 bits per heavy atom. The van der Waals surface area contributed by atoms with E-state index in [4.69, 9.17) is 9.47 Å². The number of benzene rings is 1. The minimum absolute atomic E-state index is 0.00698. The quantitative estimate of drug-likeness (QED) is 0.613. The fourth-order valence-corrected chi connectivity index (χ4v) is 4.52. The highest BCUT2D eigenvalue weighted by molar-refractivity contribution is 5.71. The molecule has 132 valence electrons. The Morgan fingerprint density at radius 3 is 2.88 bits per heavy atom. The van der Waals surface area contributed by atoms with E-state index in [1.807, 2.05) is 31.2 Å².